The summed E-state index contributed by atoms with van der Waals surface area (Å²) in [5, 5.41) is 8.77. The molecule has 0 aliphatic heterocycles. The van der Waals surface area contributed by atoms with Crippen molar-refractivity contribution >= 4 is 5.97 Å². The molecule has 76 valence electrons. The summed E-state index contributed by atoms with van der Waals surface area (Å²) >= 11 is 0. The monoisotopic (exact) mass is 195 g/mol. The van der Waals surface area contributed by atoms with Crippen LogP contribution in [0.1, 0.15) is 47.8 Å². The number of carboxylic acid groups (broad SMARTS) is 1. The summed E-state index contributed by atoms with van der Waals surface area (Å²) < 4.78 is 5.22. The maximum absolute atomic E-state index is 10.7. The van der Waals surface area contributed by atoms with Crippen LogP contribution < -0.4 is 0 Å². The summed E-state index contributed by atoms with van der Waals surface area (Å²) in [7, 11) is 0. The molecule has 14 heavy (non-hydrogen) atoms. The Hall–Kier alpha value is -1.32. The molecule has 0 radical (unpaired) electrons. The van der Waals surface area contributed by atoms with Crippen LogP contribution in [0.3, 0.4) is 0 Å². The molecule has 1 fully saturated rings. The van der Waals surface area contributed by atoms with Crippen molar-refractivity contribution in [2.75, 3.05) is 0 Å². The highest BCUT2D eigenvalue weighted by molar-refractivity contribution is 5.85. The summed E-state index contributed by atoms with van der Waals surface area (Å²) in [5.74, 6) is 0.546. The van der Waals surface area contributed by atoms with Gasteiger partial charge in [0.1, 0.15) is 0 Å². The van der Waals surface area contributed by atoms with Gasteiger partial charge in [-0.1, -0.05) is 13.3 Å². The quantitative estimate of drug-likeness (QED) is 0.803. The van der Waals surface area contributed by atoms with Gasteiger partial charge in [-0.05, 0) is 19.3 Å². The van der Waals surface area contributed by atoms with E-state index in [0.717, 1.165) is 12.8 Å². The molecular formula is C10H13NO3. The summed E-state index contributed by atoms with van der Waals surface area (Å²) in [5.41, 5.74) is 0.481. The van der Waals surface area contributed by atoms with Crippen molar-refractivity contribution in [3.8, 4) is 0 Å². The highest BCUT2D eigenvalue weighted by Gasteiger charge is 2.41. The molecule has 1 heterocycles. The van der Waals surface area contributed by atoms with Crippen molar-refractivity contribution < 1.29 is 14.3 Å². The van der Waals surface area contributed by atoms with Crippen molar-refractivity contribution in [1.29, 1.82) is 0 Å². The average molecular weight is 195 g/mol. The lowest BCUT2D eigenvalue weighted by Crippen LogP contribution is -1.95. The highest BCUT2D eigenvalue weighted by Crippen LogP contribution is 2.49. The van der Waals surface area contributed by atoms with Gasteiger partial charge in [0.05, 0.1) is 5.69 Å². The van der Waals surface area contributed by atoms with E-state index in [0.29, 0.717) is 23.4 Å². The number of carboxylic acids is 1. The molecule has 2 atom stereocenters. The molecule has 0 aromatic carbocycles. The van der Waals surface area contributed by atoms with Crippen LogP contribution in [0.15, 0.2) is 4.42 Å². The minimum atomic E-state index is -1.03. The average Bonchev–Trinajstić information content (AvgIpc) is 2.82. The topological polar surface area (TPSA) is 63.3 Å². The van der Waals surface area contributed by atoms with E-state index in [1.54, 1.807) is 6.92 Å². The van der Waals surface area contributed by atoms with Crippen LogP contribution >= 0.6 is 0 Å². The van der Waals surface area contributed by atoms with Crippen LogP contribution in [0.5, 0.6) is 0 Å². The Kier molecular flexibility index (Phi) is 2.06. The van der Waals surface area contributed by atoms with Gasteiger partial charge in [0.15, 0.2) is 5.89 Å². The van der Waals surface area contributed by atoms with Gasteiger partial charge < -0.3 is 9.52 Å². The van der Waals surface area contributed by atoms with E-state index < -0.39 is 5.97 Å². The van der Waals surface area contributed by atoms with Gasteiger partial charge in [-0.25, -0.2) is 9.78 Å². The minimum absolute atomic E-state index is 0.0123. The summed E-state index contributed by atoms with van der Waals surface area (Å²) in [6.45, 7) is 3.79. The Morgan fingerprint density at radius 1 is 1.71 bits per heavy atom. The molecule has 0 saturated heterocycles. The molecule has 1 aliphatic carbocycles. The van der Waals surface area contributed by atoms with E-state index in [1.807, 2.05) is 0 Å². The Morgan fingerprint density at radius 3 is 2.86 bits per heavy atom. The van der Waals surface area contributed by atoms with Crippen LogP contribution in [0.2, 0.25) is 0 Å². The third-order valence-electron chi connectivity index (χ3n) is 2.77. The van der Waals surface area contributed by atoms with Gasteiger partial charge in [0, 0.05) is 5.92 Å². The fourth-order valence-electron chi connectivity index (χ4n) is 1.78. The Labute approximate surface area is 81.9 Å². The number of carbonyl (C=O) groups is 1. The van der Waals surface area contributed by atoms with E-state index >= 15 is 0 Å². The Morgan fingerprint density at radius 2 is 2.43 bits per heavy atom. The first kappa shape index (κ1) is 9.24. The molecule has 4 nitrogen and oxygen atoms in total. The molecule has 0 amide bonds. The minimum Gasteiger partial charge on any atom is -0.475 e. The molecule has 2 rings (SSSR count). The zero-order valence-electron chi connectivity index (χ0n) is 8.28. The van der Waals surface area contributed by atoms with Gasteiger partial charge in [-0.3, -0.25) is 0 Å². The standard InChI is InChI=1S/C10H13NO3/c1-3-6-4-7(6)9-11-5(2)8(14-9)10(12)13/h6-7H,3-4H2,1-2H3,(H,12,13). The Bertz CT molecular complexity index is 369. The van der Waals surface area contributed by atoms with Crippen molar-refractivity contribution in [2.45, 2.75) is 32.6 Å². The number of aromatic nitrogens is 1. The lowest BCUT2D eigenvalue weighted by Gasteiger charge is -1.89. The number of aromatic carboxylic acids is 1. The van der Waals surface area contributed by atoms with E-state index in [1.165, 1.54) is 0 Å². The lowest BCUT2D eigenvalue weighted by molar-refractivity contribution is 0.0659. The number of hydrogen-bond donors (Lipinski definition) is 1. The van der Waals surface area contributed by atoms with Crippen LogP contribution in [-0.2, 0) is 0 Å². The molecular weight excluding hydrogens is 182 g/mol. The number of oxazole rings is 1. The maximum Gasteiger partial charge on any atom is 0.373 e. The van der Waals surface area contributed by atoms with Crippen LogP contribution in [-0.4, -0.2) is 16.1 Å². The van der Waals surface area contributed by atoms with Crippen molar-refractivity contribution in [2.24, 2.45) is 5.92 Å². The second-order valence-electron chi connectivity index (χ2n) is 3.78. The zero-order valence-corrected chi connectivity index (χ0v) is 8.28. The number of aryl methyl sites for hydroxylation is 1. The number of nitrogens with zero attached hydrogens (tertiary/aromatic N) is 1. The highest BCUT2D eigenvalue weighted by atomic mass is 16.4. The van der Waals surface area contributed by atoms with Crippen LogP contribution in [0.25, 0.3) is 0 Å². The van der Waals surface area contributed by atoms with Gasteiger partial charge in [0.2, 0.25) is 5.76 Å². The van der Waals surface area contributed by atoms with Crippen LogP contribution in [0.4, 0.5) is 0 Å². The first-order valence-electron chi connectivity index (χ1n) is 4.84. The number of rotatable bonds is 3. The summed E-state index contributed by atoms with van der Waals surface area (Å²) in [6.07, 6.45) is 2.18. The smallest absolute Gasteiger partial charge is 0.373 e. The second kappa shape index (κ2) is 3.12. The molecule has 4 heteroatoms. The molecule has 0 bridgehead atoms. The third kappa shape index (κ3) is 1.41. The molecule has 0 spiro atoms. The van der Waals surface area contributed by atoms with Gasteiger partial charge in [0.25, 0.3) is 0 Å². The number of hydrogen-bond acceptors (Lipinski definition) is 3. The summed E-state index contributed by atoms with van der Waals surface area (Å²) in [4.78, 5) is 14.8. The lowest BCUT2D eigenvalue weighted by atomic mass is 10.2. The Balaban J connectivity index is 2.21. The van der Waals surface area contributed by atoms with Crippen LogP contribution in [0, 0.1) is 12.8 Å². The molecule has 1 aromatic heterocycles. The first-order valence-corrected chi connectivity index (χ1v) is 4.84. The van der Waals surface area contributed by atoms with E-state index in [-0.39, 0.29) is 5.76 Å². The van der Waals surface area contributed by atoms with E-state index in [4.69, 9.17) is 9.52 Å². The third-order valence-corrected chi connectivity index (χ3v) is 2.77. The van der Waals surface area contributed by atoms with E-state index in [9.17, 15) is 4.79 Å². The normalized spacial score (nSPS) is 25.0. The van der Waals surface area contributed by atoms with Crippen molar-refractivity contribution in [3.05, 3.63) is 17.3 Å². The SMILES string of the molecule is CCC1CC1c1nc(C)c(C(=O)O)o1. The summed E-state index contributed by atoms with van der Waals surface area (Å²) in [6, 6.07) is 0. The predicted molar refractivity (Wildman–Crippen MR) is 49.3 cm³/mol. The predicted octanol–water partition coefficient (Wildman–Crippen LogP) is 2.19. The largest absolute Gasteiger partial charge is 0.475 e. The molecule has 1 N–H and O–H groups in total. The fraction of sp³-hybridized carbons (Fsp3) is 0.600. The van der Waals surface area contributed by atoms with Gasteiger partial charge in [-0.15, -0.1) is 0 Å². The van der Waals surface area contributed by atoms with Gasteiger partial charge in [-0.2, -0.15) is 0 Å². The second-order valence-corrected chi connectivity index (χ2v) is 3.78. The molecule has 2 unspecified atom stereocenters. The molecule has 1 saturated carbocycles. The van der Waals surface area contributed by atoms with E-state index in [2.05, 4.69) is 11.9 Å². The molecule has 1 aromatic rings. The van der Waals surface area contributed by atoms with Crippen molar-refractivity contribution in [1.82, 2.24) is 4.98 Å². The van der Waals surface area contributed by atoms with Gasteiger partial charge >= 0.3 is 5.97 Å². The molecule has 1 aliphatic rings. The fourth-order valence-corrected chi connectivity index (χ4v) is 1.78. The maximum atomic E-state index is 10.7. The first-order chi connectivity index (χ1) is 6.63. The van der Waals surface area contributed by atoms with Crippen molar-refractivity contribution in [3.63, 3.8) is 0 Å². The zero-order chi connectivity index (χ0) is 10.3.